The number of hydrazone groups is 1. The van der Waals surface area contributed by atoms with Gasteiger partial charge in [0.25, 0.3) is 5.91 Å². The van der Waals surface area contributed by atoms with Gasteiger partial charge in [0.15, 0.2) is 0 Å². The number of nitrogens with zero attached hydrogens (tertiary/aromatic N) is 1. The quantitative estimate of drug-likeness (QED) is 0.0598. The maximum atomic E-state index is 13.0. The highest BCUT2D eigenvalue weighted by Gasteiger charge is 2.09. The van der Waals surface area contributed by atoms with Crippen LogP contribution in [0.15, 0.2) is 102 Å². The minimum atomic E-state index is -0.446. The fourth-order valence-electron chi connectivity index (χ4n) is 4.39. The molecule has 0 radical (unpaired) electrons. The van der Waals surface area contributed by atoms with Crippen molar-refractivity contribution in [3.8, 4) is 16.9 Å². The van der Waals surface area contributed by atoms with Gasteiger partial charge in [-0.25, -0.2) is 14.6 Å². The standard InChI is InChI=1S/C35H35FN2O3/c1-2-3-4-5-6-7-8-26-9-13-28(14-10-26)29-15-17-31(18-16-29)35(40)41-33-23-11-27(12-24-33)25-37-38-34(39)30-19-21-32(36)22-20-30/h9-25H,2-8H2,1H3,(H,38,39)/b37-25+. The van der Waals surface area contributed by atoms with Crippen molar-refractivity contribution in [2.45, 2.75) is 51.9 Å². The smallest absolute Gasteiger partial charge is 0.343 e. The topological polar surface area (TPSA) is 67.8 Å². The first-order valence-corrected chi connectivity index (χ1v) is 14.1. The Balaban J connectivity index is 1.24. The maximum absolute atomic E-state index is 13.0. The first-order chi connectivity index (χ1) is 20.0. The van der Waals surface area contributed by atoms with E-state index in [0.717, 1.165) is 17.5 Å². The van der Waals surface area contributed by atoms with Gasteiger partial charge in [-0.15, -0.1) is 0 Å². The molecule has 6 heteroatoms. The number of carbonyl (C=O) groups is 2. The summed E-state index contributed by atoms with van der Waals surface area (Å²) in [6, 6.07) is 28.0. The summed E-state index contributed by atoms with van der Waals surface area (Å²) in [6.45, 7) is 2.24. The molecule has 0 fully saturated rings. The number of ether oxygens (including phenoxy) is 1. The zero-order valence-corrected chi connectivity index (χ0v) is 23.3. The second-order valence-electron chi connectivity index (χ2n) is 9.96. The van der Waals surface area contributed by atoms with Crippen molar-refractivity contribution in [3.05, 3.63) is 125 Å². The Morgan fingerprint density at radius 1 is 0.732 bits per heavy atom. The number of nitrogens with one attached hydrogen (secondary N) is 1. The molecule has 4 aromatic carbocycles. The number of halogens is 1. The number of benzene rings is 4. The van der Waals surface area contributed by atoms with Crippen molar-refractivity contribution in [2.24, 2.45) is 5.10 Å². The van der Waals surface area contributed by atoms with Gasteiger partial charge in [-0.2, -0.15) is 5.10 Å². The molecule has 0 aliphatic rings. The molecule has 0 heterocycles. The molecule has 0 spiro atoms. The van der Waals surface area contributed by atoms with E-state index in [1.807, 2.05) is 12.1 Å². The van der Waals surface area contributed by atoms with E-state index >= 15 is 0 Å². The van der Waals surface area contributed by atoms with Crippen LogP contribution in [0.4, 0.5) is 4.39 Å². The minimum Gasteiger partial charge on any atom is -0.423 e. The van der Waals surface area contributed by atoms with E-state index in [4.69, 9.17) is 4.74 Å². The monoisotopic (exact) mass is 550 g/mol. The molecule has 0 aliphatic carbocycles. The molecular formula is C35H35FN2O3. The highest BCUT2D eigenvalue weighted by atomic mass is 19.1. The Bertz CT molecular complexity index is 1430. The average Bonchev–Trinajstić information content (AvgIpc) is 3.00. The van der Waals surface area contributed by atoms with E-state index in [2.05, 4.69) is 41.7 Å². The second kappa shape index (κ2) is 15.3. The molecule has 0 saturated carbocycles. The first kappa shape index (κ1) is 29.4. The number of rotatable bonds is 13. The van der Waals surface area contributed by atoms with Crippen LogP contribution in [0, 0.1) is 5.82 Å². The van der Waals surface area contributed by atoms with Gasteiger partial charge in [0.2, 0.25) is 0 Å². The Morgan fingerprint density at radius 3 is 1.98 bits per heavy atom. The van der Waals surface area contributed by atoms with Gasteiger partial charge in [-0.05, 0) is 95.8 Å². The fraction of sp³-hybridized carbons (Fsp3) is 0.229. The van der Waals surface area contributed by atoms with Gasteiger partial charge < -0.3 is 4.74 Å². The Hall–Kier alpha value is -4.58. The number of aryl methyl sites for hydroxylation is 1. The van der Waals surface area contributed by atoms with E-state index < -0.39 is 17.7 Å². The second-order valence-corrected chi connectivity index (χ2v) is 9.96. The van der Waals surface area contributed by atoms with Crippen LogP contribution in [0.1, 0.15) is 77.3 Å². The van der Waals surface area contributed by atoms with E-state index in [1.165, 1.54) is 74.6 Å². The van der Waals surface area contributed by atoms with Crippen LogP contribution in [0.3, 0.4) is 0 Å². The van der Waals surface area contributed by atoms with Gasteiger partial charge in [-0.3, -0.25) is 4.79 Å². The highest BCUT2D eigenvalue weighted by molar-refractivity contribution is 5.95. The summed E-state index contributed by atoms with van der Waals surface area (Å²) < 4.78 is 18.5. The Morgan fingerprint density at radius 2 is 1.32 bits per heavy atom. The number of hydrogen-bond acceptors (Lipinski definition) is 4. The number of amides is 1. The molecule has 5 nitrogen and oxygen atoms in total. The minimum absolute atomic E-state index is 0.301. The average molecular weight is 551 g/mol. The van der Waals surface area contributed by atoms with Crippen LogP contribution >= 0.6 is 0 Å². The Kier molecular flexibility index (Phi) is 11.0. The van der Waals surface area contributed by atoms with Crippen LogP contribution in [0.5, 0.6) is 5.75 Å². The molecule has 0 atom stereocenters. The lowest BCUT2D eigenvalue weighted by Gasteiger charge is -2.07. The highest BCUT2D eigenvalue weighted by Crippen LogP contribution is 2.22. The third-order valence-corrected chi connectivity index (χ3v) is 6.80. The van der Waals surface area contributed by atoms with E-state index in [9.17, 15) is 14.0 Å². The summed E-state index contributed by atoms with van der Waals surface area (Å²) >= 11 is 0. The van der Waals surface area contributed by atoms with Gasteiger partial charge in [0.1, 0.15) is 11.6 Å². The van der Waals surface area contributed by atoms with Crippen molar-refractivity contribution in [3.63, 3.8) is 0 Å². The predicted molar refractivity (Wildman–Crippen MR) is 162 cm³/mol. The molecule has 1 amide bonds. The predicted octanol–water partition coefficient (Wildman–Crippen LogP) is 8.38. The number of esters is 1. The molecule has 0 saturated heterocycles. The molecule has 4 rings (SSSR count). The lowest BCUT2D eigenvalue weighted by Crippen LogP contribution is -2.17. The molecule has 210 valence electrons. The summed E-state index contributed by atoms with van der Waals surface area (Å²) in [6.07, 6.45) is 10.4. The van der Waals surface area contributed by atoms with E-state index in [1.54, 1.807) is 36.4 Å². The van der Waals surface area contributed by atoms with Gasteiger partial charge in [0.05, 0.1) is 11.8 Å². The summed E-state index contributed by atoms with van der Waals surface area (Å²) in [5.74, 6) is -0.910. The molecule has 0 unspecified atom stereocenters. The van der Waals surface area contributed by atoms with Crippen LogP contribution in [-0.4, -0.2) is 18.1 Å². The summed E-state index contributed by atoms with van der Waals surface area (Å²) in [4.78, 5) is 24.7. The molecule has 1 N–H and O–H groups in total. The number of unbranched alkanes of at least 4 members (excludes halogenated alkanes) is 5. The molecule has 0 bridgehead atoms. The van der Waals surface area contributed by atoms with Crippen molar-refractivity contribution in [1.29, 1.82) is 0 Å². The van der Waals surface area contributed by atoms with E-state index in [0.29, 0.717) is 22.4 Å². The normalized spacial score (nSPS) is 11.0. The van der Waals surface area contributed by atoms with Crippen molar-refractivity contribution >= 4 is 18.1 Å². The van der Waals surface area contributed by atoms with Gasteiger partial charge >= 0.3 is 5.97 Å². The number of hydrogen-bond donors (Lipinski definition) is 1. The molecule has 4 aromatic rings. The van der Waals surface area contributed by atoms with Crippen molar-refractivity contribution in [1.82, 2.24) is 5.43 Å². The maximum Gasteiger partial charge on any atom is 0.343 e. The number of carbonyl (C=O) groups excluding carboxylic acids is 2. The summed E-state index contributed by atoms with van der Waals surface area (Å²) in [5, 5.41) is 3.92. The summed E-state index contributed by atoms with van der Waals surface area (Å²) in [7, 11) is 0. The largest absolute Gasteiger partial charge is 0.423 e. The van der Waals surface area contributed by atoms with Crippen molar-refractivity contribution in [2.75, 3.05) is 0 Å². The van der Waals surface area contributed by atoms with Crippen LogP contribution < -0.4 is 10.2 Å². The lowest BCUT2D eigenvalue weighted by atomic mass is 10.00. The molecule has 41 heavy (non-hydrogen) atoms. The van der Waals surface area contributed by atoms with Crippen LogP contribution in [0.2, 0.25) is 0 Å². The van der Waals surface area contributed by atoms with Crippen LogP contribution in [0.25, 0.3) is 11.1 Å². The molecular weight excluding hydrogens is 515 g/mol. The zero-order valence-electron chi connectivity index (χ0n) is 23.3. The van der Waals surface area contributed by atoms with E-state index in [-0.39, 0.29) is 0 Å². The fourth-order valence-corrected chi connectivity index (χ4v) is 4.39. The summed E-state index contributed by atoms with van der Waals surface area (Å²) in [5.41, 5.74) is 7.37. The molecule has 0 aliphatic heterocycles. The Labute approximate surface area is 241 Å². The third-order valence-electron chi connectivity index (χ3n) is 6.80. The third kappa shape index (κ3) is 9.24. The first-order valence-electron chi connectivity index (χ1n) is 14.1. The SMILES string of the molecule is CCCCCCCCc1ccc(-c2ccc(C(=O)Oc3ccc(/C=N/NC(=O)c4ccc(F)cc4)cc3)cc2)cc1. The van der Waals surface area contributed by atoms with Crippen molar-refractivity contribution < 1.29 is 18.7 Å². The zero-order chi connectivity index (χ0) is 28.9. The van der Waals surface area contributed by atoms with Gasteiger partial charge in [0, 0.05) is 5.56 Å². The van der Waals surface area contributed by atoms with Gasteiger partial charge in [-0.1, -0.05) is 75.4 Å². The molecule has 0 aromatic heterocycles. The van der Waals surface area contributed by atoms with Crippen LogP contribution in [-0.2, 0) is 6.42 Å². The lowest BCUT2D eigenvalue weighted by molar-refractivity contribution is 0.0734.